The van der Waals surface area contributed by atoms with Crippen molar-refractivity contribution in [3.05, 3.63) is 78.0 Å². The van der Waals surface area contributed by atoms with Crippen LogP contribution < -0.4 is 0 Å². The molecule has 7 nitrogen and oxygen atoms in total. The summed E-state index contributed by atoms with van der Waals surface area (Å²) < 4.78 is 1.62. The average Bonchev–Trinajstić information content (AvgIpc) is 3.24. The largest absolute Gasteiger partial charge is 0.372 e. The van der Waals surface area contributed by atoms with Crippen LogP contribution in [0.3, 0.4) is 0 Å². The Bertz CT molecular complexity index is 1340. The van der Waals surface area contributed by atoms with Crippen LogP contribution in [0, 0.1) is 0 Å². The Morgan fingerprint density at radius 3 is 2.03 bits per heavy atom. The Morgan fingerprint density at radius 1 is 0.882 bits per heavy atom. The molecule has 1 fully saturated rings. The summed E-state index contributed by atoms with van der Waals surface area (Å²) in [4.78, 5) is 17.2. The van der Waals surface area contributed by atoms with E-state index in [1.165, 1.54) is 0 Å². The van der Waals surface area contributed by atoms with Gasteiger partial charge in [0.05, 0.1) is 10.4 Å². The summed E-state index contributed by atoms with van der Waals surface area (Å²) in [5.41, 5.74) is 4.58. The lowest BCUT2D eigenvalue weighted by Gasteiger charge is -2.36. The van der Waals surface area contributed by atoms with Gasteiger partial charge in [-0.25, -0.2) is 4.68 Å². The minimum absolute atomic E-state index is 0.00423. The van der Waals surface area contributed by atoms with Crippen molar-refractivity contribution in [2.75, 3.05) is 26.2 Å². The first-order chi connectivity index (χ1) is 16.5. The molecule has 172 valence electrons. The van der Waals surface area contributed by atoms with Crippen molar-refractivity contribution in [1.29, 1.82) is 0 Å². The van der Waals surface area contributed by atoms with Crippen molar-refractivity contribution in [2.45, 2.75) is 13.5 Å². The maximum atomic E-state index is 13.1. The fraction of sp³-hybridized carbons (Fsp3) is 0.231. The van der Waals surface area contributed by atoms with E-state index in [0.717, 1.165) is 29.9 Å². The molecule has 4 aromatic rings. The van der Waals surface area contributed by atoms with Crippen molar-refractivity contribution >= 4 is 28.5 Å². The van der Waals surface area contributed by atoms with Gasteiger partial charge in [0.25, 0.3) is 0 Å². The third-order valence-corrected chi connectivity index (χ3v) is 6.52. The smallest absolute Gasteiger partial charge is 0.244 e. The van der Waals surface area contributed by atoms with Gasteiger partial charge >= 0.3 is 0 Å². The monoisotopic (exact) mass is 472 g/mol. The van der Waals surface area contributed by atoms with Crippen LogP contribution in [-0.2, 0) is 11.3 Å². The van der Waals surface area contributed by atoms with Crippen LogP contribution in [0.5, 0.6) is 0 Å². The Balaban J connectivity index is 1.53. The molecule has 0 bridgehead atoms. The summed E-state index contributed by atoms with van der Waals surface area (Å²) in [7, 11) is 0. The molecule has 1 aliphatic rings. The zero-order valence-corrected chi connectivity index (χ0v) is 19.7. The Hall–Kier alpha value is -3.71. The SMILES string of the molecule is C=C(C)N1CCN(C(=O)Cn2nc(-c3ccccc3)c3c(Cl)c(-c4ccccc4)nnc32)CC1. The van der Waals surface area contributed by atoms with Crippen LogP contribution in [0.25, 0.3) is 33.5 Å². The maximum Gasteiger partial charge on any atom is 0.244 e. The number of benzene rings is 2. The van der Waals surface area contributed by atoms with E-state index >= 15 is 0 Å². The molecule has 0 unspecified atom stereocenters. The van der Waals surface area contributed by atoms with Gasteiger partial charge in [0.1, 0.15) is 17.9 Å². The molecule has 0 aliphatic carbocycles. The first-order valence-corrected chi connectivity index (χ1v) is 11.6. The fourth-order valence-electron chi connectivity index (χ4n) is 4.27. The number of carbonyl (C=O) groups excluding carboxylic acids is 1. The lowest BCUT2D eigenvalue weighted by atomic mass is 10.1. The van der Waals surface area contributed by atoms with Gasteiger partial charge < -0.3 is 9.80 Å². The Kier molecular flexibility index (Phi) is 6.02. The van der Waals surface area contributed by atoms with Crippen LogP contribution in [0.4, 0.5) is 0 Å². The minimum atomic E-state index is -0.00423. The van der Waals surface area contributed by atoms with Crippen LogP contribution in [0.1, 0.15) is 6.92 Å². The number of rotatable bonds is 5. The number of piperazine rings is 1. The summed E-state index contributed by atoms with van der Waals surface area (Å²) in [5.74, 6) is -0.00423. The maximum absolute atomic E-state index is 13.1. The quantitative estimate of drug-likeness (QED) is 0.428. The summed E-state index contributed by atoms with van der Waals surface area (Å²) >= 11 is 6.91. The number of nitrogens with zero attached hydrogens (tertiary/aromatic N) is 6. The number of aromatic nitrogens is 4. The van der Waals surface area contributed by atoms with E-state index in [4.69, 9.17) is 16.7 Å². The second-order valence-electron chi connectivity index (χ2n) is 8.40. The van der Waals surface area contributed by atoms with Crippen molar-refractivity contribution in [3.8, 4) is 22.5 Å². The highest BCUT2D eigenvalue weighted by molar-refractivity contribution is 6.38. The zero-order chi connectivity index (χ0) is 23.7. The van der Waals surface area contributed by atoms with E-state index in [2.05, 4.69) is 21.7 Å². The van der Waals surface area contributed by atoms with Gasteiger partial charge in [0, 0.05) is 43.0 Å². The van der Waals surface area contributed by atoms with Crippen molar-refractivity contribution in [1.82, 2.24) is 29.8 Å². The van der Waals surface area contributed by atoms with E-state index in [1.54, 1.807) is 4.68 Å². The molecule has 0 N–H and O–H groups in total. The molecule has 1 saturated heterocycles. The fourth-order valence-corrected chi connectivity index (χ4v) is 4.59. The number of allylic oxidation sites excluding steroid dienone is 1. The first-order valence-electron chi connectivity index (χ1n) is 11.2. The van der Waals surface area contributed by atoms with Crippen LogP contribution in [0.2, 0.25) is 5.02 Å². The zero-order valence-electron chi connectivity index (χ0n) is 19.0. The van der Waals surface area contributed by atoms with Crippen LogP contribution >= 0.6 is 11.6 Å². The summed E-state index contributed by atoms with van der Waals surface area (Å²) in [6.45, 7) is 8.93. The Labute approximate surface area is 203 Å². The topological polar surface area (TPSA) is 67.2 Å². The van der Waals surface area contributed by atoms with E-state index in [0.29, 0.717) is 40.5 Å². The molecule has 0 saturated carbocycles. The van der Waals surface area contributed by atoms with Gasteiger partial charge in [-0.2, -0.15) is 5.10 Å². The first kappa shape index (κ1) is 22.1. The molecule has 8 heteroatoms. The molecule has 2 aromatic carbocycles. The standard InChI is InChI=1S/C26H25ClN6O/c1-18(2)31-13-15-32(16-14-31)21(34)17-33-26-22(24(30-33)19-9-5-3-6-10-19)23(27)25(28-29-26)20-11-7-4-8-12-20/h3-12H,1,13-17H2,2H3. The third-order valence-electron chi connectivity index (χ3n) is 6.15. The van der Waals surface area contributed by atoms with E-state index in [-0.39, 0.29) is 12.5 Å². The summed E-state index contributed by atoms with van der Waals surface area (Å²) in [6, 6.07) is 19.5. The van der Waals surface area contributed by atoms with E-state index in [1.807, 2.05) is 72.5 Å². The van der Waals surface area contributed by atoms with Crippen molar-refractivity contribution < 1.29 is 4.79 Å². The molecule has 1 amide bonds. The van der Waals surface area contributed by atoms with Gasteiger partial charge in [0.2, 0.25) is 5.91 Å². The molecule has 0 spiro atoms. The van der Waals surface area contributed by atoms with E-state index < -0.39 is 0 Å². The molecule has 2 aromatic heterocycles. The highest BCUT2D eigenvalue weighted by Gasteiger charge is 2.25. The van der Waals surface area contributed by atoms with Gasteiger partial charge in [-0.3, -0.25) is 4.79 Å². The molecular weight excluding hydrogens is 448 g/mol. The number of hydrogen-bond donors (Lipinski definition) is 0. The molecule has 34 heavy (non-hydrogen) atoms. The lowest BCUT2D eigenvalue weighted by Crippen LogP contribution is -2.48. The normalized spacial score (nSPS) is 13.9. The summed E-state index contributed by atoms with van der Waals surface area (Å²) in [6.07, 6.45) is 0. The third kappa shape index (κ3) is 4.15. The van der Waals surface area contributed by atoms with Crippen molar-refractivity contribution in [2.24, 2.45) is 0 Å². The van der Waals surface area contributed by atoms with Gasteiger partial charge in [-0.05, 0) is 6.92 Å². The molecule has 3 heterocycles. The predicted molar refractivity (Wildman–Crippen MR) is 134 cm³/mol. The van der Waals surface area contributed by atoms with Gasteiger partial charge in [0.15, 0.2) is 5.65 Å². The molecule has 5 rings (SSSR count). The molecule has 0 radical (unpaired) electrons. The molecule has 0 atom stereocenters. The second kappa shape index (κ2) is 9.27. The number of amides is 1. The summed E-state index contributed by atoms with van der Waals surface area (Å²) in [5, 5.41) is 14.8. The number of fused-ring (bicyclic) bond motifs is 1. The number of carbonyl (C=O) groups is 1. The average molecular weight is 473 g/mol. The predicted octanol–water partition coefficient (Wildman–Crippen LogP) is 4.49. The minimum Gasteiger partial charge on any atom is -0.372 e. The highest BCUT2D eigenvalue weighted by atomic mass is 35.5. The van der Waals surface area contributed by atoms with Crippen LogP contribution in [0.15, 0.2) is 72.9 Å². The lowest BCUT2D eigenvalue weighted by molar-refractivity contribution is -0.133. The van der Waals surface area contributed by atoms with Crippen molar-refractivity contribution in [3.63, 3.8) is 0 Å². The highest BCUT2D eigenvalue weighted by Crippen LogP contribution is 2.37. The molecule has 1 aliphatic heterocycles. The van der Waals surface area contributed by atoms with Gasteiger partial charge in [-0.1, -0.05) is 78.8 Å². The van der Waals surface area contributed by atoms with Gasteiger partial charge in [-0.15, -0.1) is 10.2 Å². The number of halogens is 1. The Morgan fingerprint density at radius 2 is 1.44 bits per heavy atom. The van der Waals surface area contributed by atoms with E-state index in [9.17, 15) is 4.79 Å². The molecular formula is C26H25ClN6O. The second-order valence-corrected chi connectivity index (χ2v) is 8.78. The number of hydrogen-bond acceptors (Lipinski definition) is 5. The van der Waals surface area contributed by atoms with Crippen LogP contribution in [-0.4, -0.2) is 61.9 Å².